The highest BCUT2D eigenvalue weighted by Gasteiger charge is 2.18. The van der Waals surface area contributed by atoms with E-state index in [0.29, 0.717) is 11.4 Å². The Morgan fingerprint density at radius 1 is 1.25 bits per heavy atom. The Morgan fingerprint density at radius 2 is 1.85 bits per heavy atom. The molecule has 0 spiro atoms. The number of rotatable bonds is 6. The van der Waals surface area contributed by atoms with Crippen molar-refractivity contribution in [2.45, 2.75) is 18.7 Å². The van der Waals surface area contributed by atoms with Gasteiger partial charge in [-0.05, 0) is 30.2 Å². The van der Waals surface area contributed by atoms with Crippen molar-refractivity contribution in [3.8, 4) is 5.75 Å². The minimum absolute atomic E-state index is 0.0942. The Morgan fingerprint density at radius 3 is 2.35 bits per heavy atom. The van der Waals surface area contributed by atoms with Crippen LogP contribution in [0, 0.1) is 5.92 Å². The van der Waals surface area contributed by atoms with Gasteiger partial charge in [0.05, 0.1) is 11.9 Å². The Bertz CT molecular complexity index is 459. The summed E-state index contributed by atoms with van der Waals surface area (Å²) in [7, 11) is 1.30. The van der Waals surface area contributed by atoms with Gasteiger partial charge in [0.25, 0.3) is 0 Å². The minimum Gasteiger partial charge on any atom is -0.482 e. The Kier molecular flexibility index (Phi) is 6.51. The number of nitrogens with one attached hydrogen (secondary N) is 1. The van der Waals surface area contributed by atoms with E-state index in [9.17, 15) is 9.59 Å². The average molecular weight is 344 g/mol. The lowest BCUT2D eigenvalue weighted by Crippen LogP contribution is -2.26. The van der Waals surface area contributed by atoms with Crippen molar-refractivity contribution in [1.29, 1.82) is 0 Å². The van der Waals surface area contributed by atoms with E-state index in [-0.39, 0.29) is 23.3 Å². The molecule has 1 aromatic rings. The van der Waals surface area contributed by atoms with E-state index < -0.39 is 5.97 Å². The molecule has 0 bridgehead atoms. The molecule has 0 radical (unpaired) electrons. The first-order valence-corrected chi connectivity index (χ1v) is 7.10. The number of methoxy groups -OCH3 is 1. The maximum atomic E-state index is 11.8. The zero-order valence-corrected chi connectivity index (χ0v) is 13.3. The lowest BCUT2D eigenvalue weighted by Gasteiger charge is -2.14. The molecule has 0 fully saturated rings. The van der Waals surface area contributed by atoms with Crippen LogP contribution in [0.1, 0.15) is 13.8 Å². The summed E-state index contributed by atoms with van der Waals surface area (Å²) in [5.74, 6) is 0.204. The molecule has 6 heteroatoms. The molecule has 20 heavy (non-hydrogen) atoms. The predicted molar refractivity (Wildman–Crippen MR) is 80.1 cm³/mol. The predicted octanol–water partition coefficient (Wildman–Crippen LogP) is 2.60. The highest BCUT2D eigenvalue weighted by Crippen LogP contribution is 2.18. The van der Waals surface area contributed by atoms with Crippen LogP contribution in [0.2, 0.25) is 0 Å². The van der Waals surface area contributed by atoms with Gasteiger partial charge in [0.2, 0.25) is 5.91 Å². The van der Waals surface area contributed by atoms with Crippen LogP contribution in [0.3, 0.4) is 0 Å². The first-order valence-electron chi connectivity index (χ1n) is 6.18. The Hall–Kier alpha value is -1.56. The molecule has 0 aliphatic rings. The number of anilines is 1. The average Bonchev–Trinajstić information content (AvgIpc) is 2.45. The van der Waals surface area contributed by atoms with Crippen molar-refractivity contribution in [2.24, 2.45) is 5.92 Å². The monoisotopic (exact) mass is 343 g/mol. The van der Waals surface area contributed by atoms with E-state index >= 15 is 0 Å². The fraction of sp³-hybridized carbons (Fsp3) is 0.429. The molecule has 0 saturated heterocycles. The molecule has 0 aliphatic heterocycles. The van der Waals surface area contributed by atoms with Gasteiger partial charge >= 0.3 is 5.97 Å². The molecule has 1 atom stereocenters. The minimum atomic E-state index is -0.443. The maximum Gasteiger partial charge on any atom is 0.343 e. The molecule has 110 valence electrons. The quantitative estimate of drug-likeness (QED) is 0.636. The second-order valence-electron chi connectivity index (χ2n) is 4.52. The maximum absolute atomic E-state index is 11.8. The lowest BCUT2D eigenvalue weighted by atomic mass is 10.1. The summed E-state index contributed by atoms with van der Waals surface area (Å²) in [5, 5.41) is 2.79. The summed E-state index contributed by atoms with van der Waals surface area (Å²) >= 11 is 3.34. The number of carbonyl (C=O) groups excluding carboxylic acids is 2. The number of benzene rings is 1. The zero-order valence-electron chi connectivity index (χ0n) is 11.7. The molecule has 5 nitrogen and oxygen atoms in total. The third-order valence-electron chi connectivity index (χ3n) is 2.54. The normalized spacial score (nSPS) is 11.8. The molecule has 0 aromatic heterocycles. The number of alkyl halides is 1. The number of halogens is 1. The van der Waals surface area contributed by atoms with E-state index in [1.807, 2.05) is 13.8 Å². The van der Waals surface area contributed by atoms with Gasteiger partial charge < -0.3 is 14.8 Å². The van der Waals surface area contributed by atoms with Crippen LogP contribution in [0.15, 0.2) is 24.3 Å². The highest BCUT2D eigenvalue weighted by atomic mass is 79.9. The van der Waals surface area contributed by atoms with Crippen molar-refractivity contribution >= 4 is 33.5 Å². The number of amides is 1. The van der Waals surface area contributed by atoms with E-state index in [4.69, 9.17) is 4.74 Å². The molecule has 1 N–H and O–H groups in total. The van der Waals surface area contributed by atoms with Crippen LogP contribution in [-0.4, -0.2) is 30.4 Å². The van der Waals surface area contributed by atoms with Crippen LogP contribution in [0.5, 0.6) is 5.75 Å². The molecule has 0 saturated carbocycles. The molecule has 1 aromatic carbocycles. The smallest absolute Gasteiger partial charge is 0.343 e. The third-order valence-corrected chi connectivity index (χ3v) is 4.02. The van der Waals surface area contributed by atoms with Gasteiger partial charge in [-0.2, -0.15) is 0 Å². The first-order chi connectivity index (χ1) is 9.43. The number of carbonyl (C=O) groups is 2. The highest BCUT2D eigenvalue weighted by molar-refractivity contribution is 9.10. The van der Waals surface area contributed by atoms with Crippen molar-refractivity contribution < 1.29 is 19.1 Å². The number of ether oxygens (including phenoxy) is 2. The van der Waals surface area contributed by atoms with E-state index in [1.54, 1.807) is 24.3 Å². The van der Waals surface area contributed by atoms with Crippen LogP contribution in [0.4, 0.5) is 5.69 Å². The summed E-state index contributed by atoms with van der Waals surface area (Å²) in [6.45, 7) is 3.78. The molecule has 1 rings (SSSR count). The molecule has 1 amide bonds. The van der Waals surface area contributed by atoms with Gasteiger partial charge in [-0.3, -0.25) is 4.79 Å². The van der Waals surface area contributed by atoms with Crippen LogP contribution in [-0.2, 0) is 14.3 Å². The Balaban J connectivity index is 2.54. The largest absolute Gasteiger partial charge is 0.482 e. The summed E-state index contributed by atoms with van der Waals surface area (Å²) in [6.07, 6.45) is 0. The van der Waals surface area contributed by atoms with Crippen LogP contribution >= 0.6 is 15.9 Å². The van der Waals surface area contributed by atoms with Crippen molar-refractivity contribution in [2.75, 3.05) is 19.0 Å². The molecule has 0 heterocycles. The van der Waals surface area contributed by atoms with Gasteiger partial charge in [-0.1, -0.05) is 29.8 Å². The van der Waals surface area contributed by atoms with Crippen molar-refractivity contribution in [3.63, 3.8) is 0 Å². The second kappa shape index (κ2) is 7.89. The fourth-order valence-corrected chi connectivity index (χ4v) is 1.46. The second-order valence-corrected chi connectivity index (χ2v) is 5.51. The van der Waals surface area contributed by atoms with Crippen molar-refractivity contribution in [3.05, 3.63) is 24.3 Å². The summed E-state index contributed by atoms with van der Waals surface area (Å²) in [4.78, 5) is 22.5. The zero-order chi connectivity index (χ0) is 15.1. The SMILES string of the molecule is COC(=O)COc1ccc(NC(=O)C(Br)C(C)C)cc1. The number of hydrogen-bond acceptors (Lipinski definition) is 4. The van der Waals surface area contributed by atoms with Crippen LogP contribution in [0.25, 0.3) is 0 Å². The van der Waals surface area contributed by atoms with Gasteiger partial charge in [0.1, 0.15) is 5.75 Å². The first kappa shape index (κ1) is 16.5. The molecule has 1 unspecified atom stereocenters. The Labute approximate surface area is 126 Å². The summed E-state index contributed by atoms with van der Waals surface area (Å²) in [6, 6.07) is 6.78. The fourth-order valence-electron chi connectivity index (χ4n) is 1.35. The van der Waals surface area contributed by atoms with E-state index in [2.05, 4.69) is 26.0 Å². The molecular formula is C14H18BrNO4. The van der Waals surface area contributed by atoms with Crippen molar-refractivity contribution in [1.82, 2.24) is 0 Å². The standard InChI is InChI=1S/C14H18BrNO4/c1-9(2)13(15)14(18)16-10-4-6-11(7-5-10)20-8-12(17)19-3/h4-7,9,13H,8H2,1-3H3,(H,16,18). The number of esters is 1. The van der Waals surface area contributed by atoms with Gasteiger partial charge in [-0.15, -0.1) is 0 Å². The number of hydrogen-bond donors (Lipinski definition) is 1. The van der Waals surface area contributed by atoms with Crippen LogP contribution < -0.4 is 10.1 Å². The lowest BCUT2D eigenvalue weighted by molar-refractivity contribution is -0.142. The summed E-state index contributed by atoms with van der Waals surface area (Å²) < 4.78 is 9.68. The van der Waals surface area contributed by atoms with Gasteiger partial charge in [-0.25, -0.2) is 4.79 Å². The summed E-state index contributed by atoms with van der Waals surface area (Å²) in [5.41, 5.74) is 0.672. The topological polar surface area (TPSA) is 64.6 Å². The van der Waals surface area contributed by atoms with Gasteiger partial charge in [0, 0.05) is 5.69 Å². The van der Waals surface area contributed by atoms with E-state index in [1.165, 1.54) is 7.11 Å². The third kappa shape index (κ3) is 5.21. The van der Waals surface area contributed by atoms with Gasteiger partial charge in [0.15, 0.2) is 6.61 Å². The molecule has 0 aliphatic carbocycles. The van der Waals surface area contributed by atoms with E-state index in [0.717, 1.165) is 0 Å². The molecular weight excluding hydrogens is 326 g/mol.